The molecule has 0 bridgehead atoms. The maximum atomic E-state index is 10.5. The number of nitrogens with zero attached hydrogens (tertiary/aromatic N) is 1. The molecular weight excluding hydrogens is 378 g/mol. The first kappa shape index (κ1) is 31.8. The maximum absolute atomic E-state index is 10.5. The van der Waals surface area contributed by atoms with Gasteiger partial charge in [0.2, 0.25) is 0 Å². The molecule has 0 spiro atoms. The highest BCUT2D eigenvalue weighted by Gasteiger charge is 2.32. The van der Waals surface area contributed by atoms with Crippen molar-refractivity contribution in [1.82, 2.24) is 0 Å². The molecule has 0 radical (unpaired) electrons. The Morgan fingerprint density at radius 2 is 0.897 bits per heavy atom. The molecule has 0 aromatic carbocycles. The first-order valence-corrected chi connectivity index (χ1v) is 9.83. The van der Waals surface area contributed by atoms with Crippen molar-refractivity contribution in [2.24, 2.45) is 5.92 Å². The SMILES string of the molecule is C=CCC(CC=C)C(O)(CC=C)CC=C.C=CC[N+](CC=C)(CC=C)CC=C.[Cl-]. The van der Waals surface area contributed by atoms with Gasteiger partial charge in [-0.1, -0.05) is 50.6 Å². The summed E-state index contributed by atoms with van der Waals surface area (Å²) >= 11 is 0. The van der Waals surface area contributed by atoms with Crippen molar-refractivity contribution < 1.29 is 22.0 Å². The smallest absolute Gasteiger partial charge is 0.0978 e. The minimum Gasteiger partial charge on any atom is -1.00 e. The molecule has 0 fully saturated rings. The first-order chi connectivity index (χ1) is 13.4. The standard InChI is InChI=1S/C14H22O.C12H20N.ClH/c1-5-9-13(10-6-2)14(15,11-7-3)12-8-4;1-5-9-13(10-6-2,11-7-3)12-8-4;/h5-8,13,15H,1-4,9-12H2;5-8H,1-4,9-12H2;1H/q;+1;/p-1. The van der Waals surface area contributed by atoms with E-state index in [1.165, 1.54) is 0 Å². The molecule has 0 heterocycles. The van der Waals surface area contributed by atoms with Crippen molar-refractivity contribution in [2.45, 2.75) is 31.3 Å². The Morgan fingerprint density at radius 3 is 1.10 bits per heavy atom. The minimum atomic E-state index is -0.758. The molecule has 0 saturated heterocycles. The van der Waals surface area contributed by atoms with Crippen molar-refractivity contribution in [3.05, 3.63) is 101 Å². The van der Waals surface area contributed by atoms with Crippen LogP contribution in [0.15, 0.2) is 101 Å². The number of hydrogen-bond donors (Lipinski definition) is 1. The van der Waals surface area contributed by atoms with Crippen molar-refractivity contribution in [2.75, 3.05) is 26.2 Å². The Labute approximate surface area is 186 Å². The predicted molar refractivity (Wildman–Crippen MR) is 128 cm³/mol. The molecule has 0 saturated carbocycles. The van der Waals surface area contributed by atoms with E-state index >= 15 is 0 Å². The minimum absolute atomic E-state index is 0. The van der Waals surface area contributed by atoms with Crippen LogP contribution in [0.25, 0.3) is 0 Å². The molecule has 164 valence electrons. The molecule has 0 aliphatic heterocycles. The van der Waals surface area contributed by atoms with Gasteiger partial charge >= 0.3 is 0 Å². The number of quaternary nitrogens is 1. The van der Waals surface area contributed by atoms with Crippen molar-refractivity contribution >= 4 is 0 Å². The Bertz CT molecular complexity index is 455. The van der Waals surface area contributed by atoms with Crippen LogP contribution >= 0.6 is 0 Å². The number of hydrogen-bond acceptors (Lipinski definition) is 1. The number of aliphatic hydroxyl groups is 1. The molecule has 2 nitrogen and oxygen atoms in total. The van der Waals surface area contributed by atoms with Crippen LogP contribution in [0.4, 0.5) is 0 Å². The zero-order valence-electron chi connectivity index (χ0n) is 18.3. The molecular formula is C26H42ClNO. The summed E-state index contributed by atoms with van der Waals surface area (Å²) in [6, 6.07) is 0. The first-order valence-electron chi connectivity index (χ1n) is 9.83. The van der Waals surface area contributed by atoms with Gasteiger partial charge in [0, 0.05) is 0 Å². The highest BCUT2D eigenvalue weighted by Crippen LogP contribution is 2.32. The second-order valence-electron chi connectivity index (χ2n) is 7.06. The lowest BCUT2D eigenvalue weighted by molar-refractivity contribution is -0.906. The van der Waals surface area contributed by atoms with Gasteiger partial charge in [-0.2, -0.15) is 0 Å². The summed E-state index contributed by atoms with van der Waals surface area (Å²) < 4.78 is 0.903. The van der Waals surface area contributed by atoms with Gasteiger partial charge in [-0.15, -0.1) is 26.3 Å². The fourth-order valence-electron chi connectivity index (χ4n) is 3.40. The average Bonchev–Trinajstić information content (AvgIpc) is 2.63. The third kappa shape index (κ3) is 13.1. The normalized spacial score (nSPS) is 10.4. The van der Waals surface area contributed by atoms with Crippen LogP contribution in [0.3, 0.4) is 0 Å². The van der Waals surface area contributed by atoms with Crippen LogP contribution in [-0.2, 0) is 0 Å². The van der Waals surface area contributed by atoms with E-state index in [-0.39, 0.29) is 18.3 Å². The summed E-state index contributed by atoms with van der Waals surface area (Å²) in [7, 11) is 0. The average molecular weight is 420 g/mol. The van der Waals surface area contributed by atoms with E-state index in [9.17, 15) is 5.11 Å². The van der Waals surface area contributed by atoms with E-state index in [0.717, 1.165) is 43.5 Å². The Hall–Kier alpha value is -1.87. The largest absolute Gasteiger partial charge is 1.00 e. The highest BCUT2D eigenvalue weighted by atomic mass is 35.5. The second kappa shape index (κ2) is 19.4. The fourth-order valence-corrected chi connectivity index (χ4v) is 3.40. The van der Waals surface area contributed by atoms with Crippen LogP contribution in [0, 0.1) is 5.92 Å². The summed E-state index contributed by atoms with van der Waals surface area (Å²) in [4.78, 5) is 0. The fraction of sp³-hybridized carbons (Fsp3) is 0.385. The Kier molecular flexibility index (Phi) is 21.3. The molecule has 29 heavy (non-hydrogen) atoms. The summed E-state index contributed by atoms with van der Waals surface area (Å²) in [5.74, 6) is 0.142. The van der Waals surface area contributed by atoms with Gasteiger partial charge in [0.1, 0.15) is 0 Å². The van der Waals surface area contributed by atoms with Gasteiger partial charge in [-0.3, -0.25) is 0 Å². The number of halogens is 1. The maximum Gasteiger partial charge on any atom is 0.0978 e. The number of allylic oxidation sites excluding steroid dienone is 2. The van der Waals surface area contributed by atoms with Gasteiger partial charge in [0.25, 0.3) is 0 Å². The van der Waals surface area contributed by atoms with E-state index in [4.69, 9.17) is 0 Å². The third-order valence-electron chi connectivity index (χ3n) is 4.72. The lowest BCUT2D eigenvalue weighted by atomic mass is 9.78. The molecule has 0 aliphatic carbocycles. The van der Waals surface area contributed by atoms with Crippen LogP contribution in [0.5, 0.6) is 0 Å². The van der Waals surface area contributed by atoms with Crippen molar-refractivity contribution in [3.63, 3.8) is 0 Å². The van der Waals surface area contributed by atoms with E-state index < -0.39 is 5.60 Å². The summed E-state index contributed by atoms with van der Waals surface area (Å²) in [5.41, 5.74) is -0.758. The van der Waals surface area contributed by atoms with Gasteiger partial charge in [0.05, 0.1) is 31.8 Å². The second-order valence-corrected chi connectivity index (χ2v) is 7.06. The van der Waals surface area contributed by atoms with E-state index in [2.05, 4.69) is 52.6 Å². The molecule has 0 unspecified atom stereocenters. The topological polar surface area (TPSA) is 20.2 Å². The molecule has 3 heteroatoms. The lowest BCUT2D eigenvalue weighted by Crippen LogP contribution is -3.00. The lowest BCUT2D eigenvalue weighted by Gasteiger charge is -2.35. The molecule has 0 aromatic heterocycles. The van der Waals surface area contributed by atoms with Gasteiger partial charge < -0.3 is 22.0 Å². The molecule has 0 amide bonds. The predicted octanol–water partition coefficient (Wildman–Crippen LogP) is 3.19. The van der Waals surface area contributed by atoms with Crippen LogP contribution in [-0.4, -0.2) is 41.4 Å². The van der Waals surface area contributed by atoms with Crippen LogP contribution < -0.4 is 12.4 Å². The quantitative estimate of drug-likeness (QED) is 0.283. The molecule has 0 atom stereocenters. The van der Waals surface area contributed by atoms with E-state index in [1.54, 1.807) is 12.2 Å². The zero-order chi connectivity index (χ0) is 21.9. The van der Waals surface area contributed by atoms with Crippen molar-refractivity contribution in [1.29, 1.82) is 0 Å². The summed E-state index contributed by atoms with van der Waals surface area (Å²) in [6.07, 6.45) is 17.7. The summed E-state index contributed by atoms with van der Waals surface area (Å²) in [5, 5.41) is 10.5. The van der Waals surface area contributed by atoms with Crippen LogP contribution in [0.1, 0.15) is 25.7 Å². The third-order valence-corrected chi connectivity index (χ3v) is 4.72. The Balaban J connectivity index is -0.000000455. The molecule has 1 N–H and O–H groups in total. The highest BCUT2D eigenvalue weighted by molar-refractivity contribution is 5.00. The molecule has 0 aliphatic rings. The molecule has 0 rings (SSSR count). The molecule has 0 aromatic rings. The number of rotatable bonds is 17. The Morgan fingerprint density at radius 1 is 0.586 bits per heavy atom. The van der Waals surface area contributed by atoms with Crippen molar-refractivity contribution in [3.8, 4) is 0 Å². The van der Waals surface area contributed by atoms with Crippen LogP contribution in [0.2, 0.25) is 0 Å². The zero-order valence-corrected chi connectivity index (χ0v) is 19.0. The van der Waals surface area contributed by atoms with E-state index in [0.29, 0.717) is 12.8 Å². The summed E-state index contributed by atoms with van der Waals surface area (Å²) in [6.45, 7) is 33.6. The van der Waals surface area contributed by atoms with Gasteiger partial charge in [-0.05, 0) is 55.9 Å². The van der Waals surface area contributed by atoms with Gasteiger partial charge in [-0.25, -0.2) is 0 Å². The van der Waals surface area contributed by atoms with Gasteiger partial charge in [0.15, 0.2) is 0 Å². The monoisotopic (exact) mass is 419 g/mol. The van der Waals surface area contributed by atoms with E-state index in [1.807, 2.05) is 36.5 Å².